The van der Waals surface area contributed by atoms with Gasteiger partial charge in [-0.05, 0) is 6.07 Å². The van der Waals surface area contributed by atoms with E-state index in [0.717, 1.165) is 11.6 Å². The fraction of sp³-hybridized carbons (Fsp3) is 0. The van der Waals surface area contributed by atoms with Crippen molar-refractivity contribution in [1.82, 2.24) is 19.9 Å². The topological polar surface area (TPSA) is 116 Å². The molecule has 0 unspecified atom stereocenters. The molecule has 3 aromatic rings. The number of nitrogens with one attached hydrogen (secondary N) is 1. The Morgan fingerprint density at radius 2 is 1.86 bits per heavy atom. The fourth-order valence-corrected chi connectivity index (χ4v) is 1.74. The number of benzene rings is 1. The zero-order chi connectivity index (χ0) is 15.4. The van der Waals surface area contributed by atoms with Crippen LogP contribution in [0.15, 0.2) is 63.7 Å². The second-order valence-electron chi connectivity index (χ2n) is 4.24. The molecular weight excluding hydrogens is 284 g/mol. The molecule has 108 valence electrons. The molecule has 0 saturated carbocycles. The van der Waals surface area contributed by atoms with Crippen LogP contribution < -0.4 is 5.56 Å². The third-order valence-electron chi connectivity index (χ3n) is 2.66. The normalized spacial score (nSPS) is 10.9. The Morgan fingerprint density at radius 1 is 1.05 bits per heavy atom. The number of hydrogen-bond acceptors (Lipinski definition) is 7. The van der Waals surface area contributed by atoms with Crippen LogP contribution in [-0.2, 0) is 0 Å². The average molecular weight is 294 g/mol. The molecule has 0 atom stereocenters. The van der Waals surface area contributed by atoms with E-state index in [1.807, 2.05) is 30.3 Å². The molecule has 0 bridgehead atoms. The molecule has 22 heavy (non-hydrogen) atoms. The van der Waals surface area contributed by atoms with Crippen molar-refractivity contribution in [2.75, 3.05) is 0 Å². The first kappa shape index (κ1) is 13.6. The number of aromatic hydroxyl groups is 1. The van der Waals surface area contributed by atoms with E-state index < -0.39 is 11.4 Å². The summed E-state index contributed by atoms with van der Waals surface area (Å²) in [7, 11) is 0. The minimum absolute atomic E-state index is 0.118. The molecule has 3 rings (SSSR count). The van der Waals surface area contributed by atoms with E-state index in [0.29, 0.717) is 5.69 Å². The maximum atomic E-state index is 11.2. The summed E-state index contributed by atoms with van der Waals surface area (Å²) < 4.78 is 0. The van der Waals surface area contributed by atoms with Crippen LogP contribution in [0, 0.1) is 0 Å². The van der Waals surface area contributed by atoms with Gasteiger partial charge >= 0.3 is 0 Å². The van der Waals surface area contributed by atoms with Gasteiger partial charge in [-0.25, -0.2) is 9.97 Å². The lowest BCUT2D eigenvalue weighted by Crippen LogP contribution is -2.03. The monoisotopic (exact) mass is 294 g/mol. The molecule has 0 aliphatic heterocycles. The molecule has 1 aromatic carbocycles. The van der Waals surface area contributed by atoms with Gasteiger partial charge in [0.05, 0.1) is 11.8 Å². The van der Waals surface area contributed by atoms with Crippen LogP contribution in [0.2, 0.25) is 0 Å². The first-order chi connectivity index (χ1) is 10.7. The Morgan fingerprint density at radius 3 is 2.64 bits per heavy atom. The molecule has 2 heterocycles. The maximum Gasteiger partial charge on any atom is 0.269 e. The lowest BCUT2D eigenvalue weighted by atomic mass is 10.1. The van der Waals surface area contributed by atoms with E-state index in [4.69, 9.17) is 0 Å². The Hall–Kier alpha value is -3.42. The van der Waals surface area contributed by atoms with E-state index in [9.17, 15) is 9.90 Å². The van der Waals surface area contributed by atoms with Gasteiger partial charge in [0, 0.05) is 11.8 Å². The predicted molar refractivity (Wildman–Crippen MR) is 78.2 cm³/mol. The highest BCUT2D eigenvalue weighted by Crippen LogP contribution is 2.18. The highest BCUT2D eigenvalue weighted by Gasteiger charge is 2.02. The van der Waals surface area contributed by atoms with Crippen molar-refractivity contribution >= 4 is 11.9 Å². The van der Waals surface area contributed by atoms with E-state index in [1.54, 1.807) is 12.3 Å². The first-order valence-electron chi connectivity index (χ1n) is 6.31. The average Bonchev–Trinajstić information content (AvgIpc) is 2.53. The molecule has 0 fully saturated rings. The Kier molecular flexibility index (Phi) is 3.65. The highest BCUT2D eigenvalue weighted by atomic mass is 16.3. The van der Waals surface area contributed by atoms with Crippen LogP contribution in [0.3, 0.4) is 0 Å². The summed E-state index contributed by atoms with van der Waals surface area (Å²) in [6.45, 7) is 0. The zero-order valence-electron chi connectivity index (χ0n) is 11.2. The van der Waals surface area contributed by atoms with Gasteiger partial charge in [-0.15, -0.1) is 10.2 Å². The smallest absolute Gasteiger partial charge is 0.269 e. The van der Waals surface area contributed by atoms with Crippen molar-refractivity contribution < 1.29 is 5.11 Å². The molecule has 0 amide bonds. The van der Waals surface area contributed by atoms with Crippen molar-refractivity contribution in [2.24, 2.45) is 10.2 Å². The molecule has 8 heteroatoms. The van der Waals surface area contributed by atoms with Gasteiger partial charge in [-0.1, -0.05) is 30.3 Å². The maximum absolute atomic E-state index is 11.2. The molecule has 0 aliphatic carbocycles. The van der Waals surface area contributed by atoms with E-state index >= 15 is 0 Å². The third kappa shape index (κ3) is 3.18. The van der Waals surface area contributed by atoms with Gasteiger partial charge in [0.1, 0.15) is 0 Å². The summed E-state index contributed by atoms with van der Waals surface area (Å²) in [5.74, 6) is -0.442. The summed E-state index contributed by atoms with van der Waals surface area (Å²) >= 11 is 0. The van der Waals surface area contributed by atoms with Crippen LogP contribution in [0.4, 0.5) is 11.9 Å². The molecular formula is C14H10N6O2. The largest absolute Gasteiger partial charge is 0.493 e. The summed E-state index contributed by atoms with van der Waals surface area (Å²) in [5.41, 5.74) is 1.09. The van der Waals surface area contributed by atoms with Gasteiger partial charge in [-0.2, -0.15) is 4.98 Å². The highest BCUT2D eigenvalue weighted by molar-refractivity contribution is 5.59. The van der Waals surface area contributed by atoms with Crippen LogP contribution in [0.25, 0.3) is 11.3 Å². The molecule has 2 aromatic heterocycles. The Labute approximate surface area is 124 Å². The lowest BCUT2D eigenvalue weighted by molar-refractivity contribution is 0.451. The van der Waals surface area contributed by atoms with Crippen molar-refractivity contribution in [3.63, 3.8) is 0 Å². The second kappa shape index (κ2) is 5.92. The number of aromatic amines is 1. The van der Waals surface area contributed by atoms with Crippen LogP contribution in [0.1, 0.15) is 0 Å². The number of azo groups is 1. The fourth-order valence-electron chi connectivity index (χ4n) is 1.74. The Balaban J connectivity index is 1.90. The number of aromatic nitrogens is 4. The molecule has 2 N–H and O–H groups in total. The van der Waals surface area contributed by atoms with Gasteiger partial charge in [-0.3, -0.25) is 9.78 Å². The minimum Gasteiger partial charge on any atom is -0.493 e. The van der Waals surface area contributed by atoms with Crippen LogP contribution in [0.5, 0.6) is 5.88 Å². The third-order valence-corrected chi connectivity index (χ3v) is 2.66. The predicted octanol–water partition coefficient (Wildman–Crippen LogP) is 2.35. The van der Waals surface area contributed by atoms with Gasteiger partial charge in [0.25, 0.3) is 17.5 Å². The lowest BCUT2D eigenvalue weighted by Gasteiger charge is -1.99. The SMILES string of the molecule is O=c1cc(O)nc(N=Nc2nccc(-c3ccccc3)n2)[nH]1. The Bertz CT molecular complexity index is 876. The quantitative estimate of drug-likeness (QED) is 0.719. The zero-order valence-corrected chi connectivity index (χ0v) is 11.2. The first-order valence-corrected chi connectivity index (χ1v) is 6.31. The van der Waals surface area contributed by atoms with Crippen LogP contribution >= 0.6 is 0 Å². The number of nitrogens with zero attached hydrogens (tertiary/aromatic N) is 5. The van der Waals surface area contributed by atoms with Gasteiger partial charge in [0.15, 0.2) is 0 Å². The van der Waals surface area contributed by atoms with E-state index in [1.165, 1.54) is 0 Å². The van der Waals surface area contributed by atoms with E-state index in [2.05, 4.69) is 30.2 Å². The van der Waals surface area contributed by atoms with Crippen molar-refractivity contribution in [3.05, 3.63) is 59.0 Å². The number of rotatable bonds is 3. The second-order valence-corrected chi connectivity index (χ2v) is 4.24. The summed E-state index contributed by atoms with van der Waals surface area (Å²) in [6.07, 6.45) is 1.56. The van der Waals surface area contributed by atoms with Crippen molar-refractivity contribution in [2.45, 2.75) is 0 Å². The van der Waals surface area contributed by atoms with Crippen LogP contribution in [-0.4, -0.2) is 25.0 Å². The molecule has 0 aliphatic rings. The number of hydrogen-bond donors (Lipinski definition) is 2. The molecule has 0 saturated heterocycles. The van der Waals surface area contributed by atoms with Gasteiger partial charge in [0.2, 0.25) is 5.88 Å². The molecule has 0 radical (unpaired) electrons. The number of H-pyrrole nitrogens is 1. The standard InChI is InChI=1S/C14H10N6O2/c21-11-8-12(22)18-14(17-11)20-19-13-15-7-6-10(16-13)9-4-2-1-3-5-9/h1-8H,(H2,17,18,21,22). The van der Waals surface area contributed by atoms with E-state index in [-0.39, 0.29) is 11.9 Å². The van der Waals surface area contributed by atoms with Crippen molar-refractivity contribution in [3.8, 4) is 17.1 Å². The summed E-state index contributed by atoms with van der Waals surface area (Å²) in [6, 6.07) is 12.2. The summed E-state index contributed by atoms with van der Waals surface area (Å²) in [5, 5.41) is 16.7. The minimum atomic E-state index is -0.527. The summed E-state index contributed by atoms with van der Waals surface area (Å²) in [4.78, 5) is 25.3. The molecule has 8 nitrogen and oxygen atoms in total. The van der Waals surface area contributed by atoms with Gasteiger partial charge < -0.3 is 5.11 Å². The van der Waals surface area contributed by atoms with Crippen molar-refractivity contribution in [1.29, 1.82) is 0 Å². The molecule has 0 spiro atoms.